The lowest BCUT2D eigenvalue weighted by Gasteiger charge is -2.18. The fourth-order valence-corrected chi connectivity index (χ4v) is 2.03. The first-order chi connectivity index (χ1) is 10.7. The number of nitrogens with two attached hydrogens (primary N) is 1. The van der Waals surface area contributed by atoms with E-state index in [9.17, 15) is 9.90 Å². The highest BCUT2D eigenvalue weighted by Gasteiger charge is 2.12. The maximum absolute atomic E-state index is 11.8. The Hall–Kier alpha value is -2.08. The molecular weight excluding hydrogens is 292 g/mol. The van der Waals surface area contributed by atoms with Gasteiger partial charge < -0.3 is 21.5 Å². The molecule has 0 saturated heterocycles. The van der Waals surface area contributed by atoms with Gasteiger partial charge in [-0.2, -0.15) is 0 Å². The van der Waals surface area contributed by atoms with Crippen LogP contribution in [0.4, 0.5) is 17.1 Å². The molecule has 6 nitrogen and oxygen atoms in total. The van der Waals surface area contributed by atoms with Crippen LogP contribution in [0.1, 0.15) is 40.5 Å². The molecule has 128 valence electrons. The summed E-state index contributed by atoms with van der Waals surface area (Å²) in [5.41, 5.74) is 6.80. The second kappa shape index (κ2) is 8.53. The molecule has 6 heteroatoms. The number of rotatable bonds is 8. The highest BCUT2D eigenvalue weighted by Crippen LogP contribution is 2.28. The Morgan fingerprint density at radius 1 is 1.43 bits per heavy atom. The van der Waals surface area contributed by atoms with Crippen LogP contribution in [0.5, 0.6) is 0 Å². The molecule has 0 aliphatic heterocycles. The standard InChI is InChI=1S/C17H28N4O2/c1-12(2)9-16(22)21-13-5-6-14(15(10-13)20-11-18)19-8-7-17(3,4)23/h5-6,10-12,19,23H,7-9H2,1-4H3,(H2,18,20)(H,21,22). The Labute approximate surface area is 138 Å². The molecule has 0 aromatic heterocycles. The number of aliphatic imine (C=N–C) groups is 1. The normalized spacial score (nSPS) is 11.9. The van der Waals surface area contributed by atoms with Crippen LogP contribution in [0.3, 0.4) is 0 Å². The number of benzene rings is 1. The number of carbonyl (C=O) groups is 1. The Bertz CT molecular complexity index is 548. The maximum Gasteiger partial charge on any atom is 0.224 e. The summed E-state index contributed by atoms with van der Waals surface area (Å²) >= 11 is 0. The van der Waals surface area contributed by atoms with Crippen LogP contribution in [0, 0.1) is 5.92 Å². The number of carbonyl (C=O) groups excluding carboxylic acids is 1. The van der Waals surface area contributed by atoms with Crippen molar-refractivity contribution in [3.05, 3.63) is 18.2 Å². The van der Waals surface area contributed by atoms with E-state index in [1.54, 1.807) is 19.9 Å². The fraction of sp³-hybridized carbons (Fsp3) is 0.529. The first-order valence-corrected chi connectivity index (χ1v) is 7.85. The van der Waals surface area contributed by atoms with Crippen LogP contribution >= 0.6 is 0 Å². The third-order valence-corrected chi connectivity index (χ3v) is 3.14. The number of hydrogen-bond acceptors (Lipinski definition) is 4. The lowest BCUT2D eigenvalue weighted by molar-refractivity contribution is -0.116. The molecule has 0 aliphatic rings. The van der Waals surface area contributed by atoms with Gasteiger partial charge in [-0.05, 0) is 44.4 Å². The van der Waals surface area contributed by atoms with Gasteiger partial charge in [0.15, 0.2) is 0 Å². The monoisotopic (exact) mass is 320 g/mol. The average molecular weight is 320 g/mol. The van der Waals surface area contributed by atoms with Gasteiger partial charge in [-0.1, -0.05) is 13.8 Å². The van der Waals surface area contributed by atoms with Crippen molar-refractivity contribution in [1.29, 1.82) is 0 Å². The first kappa shape index (κ1) is 19.0. The quantitative estimate of drug-likeness (QED) is 0.437. The molecule has 1 aromatic carbocycles. The number of nitrogens with zero attached hydrogens (tertiary/aromatic N) is 1. The van der Waals surface area contributed by atoms with Crippen LogP contribution in [-0.4, -0.2) is 29.5 Å². The third-order valence-electron chi connectivity index (χ3n) is 3.14. The number of nitrogens with one attached hydrogen (secondary N) is 2. The van der Waals surface area contributed by atoms with Crippen molar-refractivity contribution in [3.8, 4) is 0 Å². The highest BCUT2D eigenvalue weighted by atomic mass is 16.3. The molecule has 1 aromatic rings. The zero-order chi connectivity index (χ0) is 17.5. The summed E-state index contributed by atoms with van der Waals surface area (Å²) in [4.78, 5) is 16.0. The van der Waals surface area contributed by atoms with Crippen molar-refractivity contribution in [2.75, 3.05) is 17.2 Å². The van der Waals surface area contributed by atoms with Gasteiger partial charge in [0.25, 0.3) is 0 Å². The van der Waals surface area contributed by atoms with Crippen molar-refractivity contribution in [3.63, 3.8) is 0 Å². The molecule has 5 N–H and O–H groups in total. The van der Waals surface area contributed by atoms with E-state index in [4.69, 9.17) is 5.73 Å². The van der Waals surface area contributed by atoms with Gasteiger partial charge >= 0.3 is 0 Å². The van der Waals surface area contributed by atoms with E-state index in [0.717, 1.165) is 5.69 Å². The van der Waals surface area contributed by atoms with Crippen LogP contribution in [-0.2, 0) is 4.79 Å². The topological polar surface area (TPSA) is 99.7 Å². The lowest BCUT2D eigenvalue weighted by Crippen LogP contribution is -2.22. The maximum atomic E-state index is 11.8. The van der Waals surface area contributed by atoms with Crippen LogP contribution in [0.2, 0.25) is 0 Å². The van der Waals surface area contributed by atoms with Crippen molar-refractivity contribution in [2.24, 2.45) is 16.6 Å². The summed E-state index contributed by atoms with van der Waals surface area (Å²) in [5.74, 6) is 0.282. The molecule has 0 saturated carbocycles. The minimum atomic E-state index is -0.727. The number of hydrogen-bond donors (Lipinski definition) is 4. The minimum Gasteiger partial charge on any atom is -0.390 e. The molecule has 0 heterocycles. The summed E-state index contributed by atoms with van der Waals surface area (Å²) in [6.07, 6.45) is 2.29. The molecule has 0 radical (unpaired) electrons. The third kappa shape index (κ3) is 7.65. The summed E-state index contributed by atoms with van der Waals surface area (Å²) in [7, 11) is 0. The van der Waals surface area contributed by atoms with E-state index in [1.807, 2.05) is 26.0 Å². The summed E-state index contributed by atoms with van der Waals surface area (Å²) < 4.78 is 0. The van der Waals surface area contributed by atoms with Gasteiger partial charge in [0.05, 0.1) is 23.3 Å². The lowest BCUT2D eigenvalue weighted by atomic mass is 10.1. The van der Waals surface area contributed by atoms with Crippen LogP contribution in [0.15, 0.2) is 23.2 Å². The van der Waals surface area contributed by atoms with Gasteiger partial charge in [-0.25, -0.2) is 4.99 Å². The summed E-state index contributed by atoms with van der Waals surface area (Å²) in [6, 6.07) is 5.44. The van der Waals surface area contributed by atoms with Crippen LogP contribution < -0.4 is 16.4 Å². The Balaban J connectivity index is 2.79. The van der Waals surface area contributed by atoms with Crippen LogP contribution in [0.25, 0.3) is 0 Å². The van der Waals surface area contributed by atoms with Crippen molar-refractivity contribution >= 4 is 29.3 Å². The molecule has 23 heavy (non-hydrogen) atoms. The predicted molar refractivity (Wildman–Crippen MR) is 96.3 cm³/mol. The van der Waals surface area contributed by atoms with Crippen molar-refractivity contribution < 1.29 is 9.90 Å². The molecular formula is C17H28N4O2. The summed E-state index contributed by atoms with van der Waals surface area (Å²) in [5, 5.41) is 15.8. The predicted octanol–water partition coefficient (Wildman–Crippen LogP) is 2.86. The van der Waals surface area contributed by atoms with E-state index in [2.05, 4.69) is 15.6 Å². The second-order valence-corrected chi connectivity index (χ2v) is 6.65. The molecule has 1 rings (SSSR count). The SMILES string of the molecule is CC(C)CC(=O)Nc1ccc(NCCC(C)(C)O)c(N=CN)c1. The smallest absolute Gasteiger partial charge is 0.224 e. The van der Waals surface area contributed by atoms with Gasteiger partial charge in [0.2, 0.25) is 5.91 Å². The van der Waals surface area contributed by atoms with E-state index in [0.29, 0.717) is 36.7 Å². The molecule has 0 spiro atoms. The first-order valence-electron chi connectivity index (χ1n) is 7.85. The number of aliphatic hydroxyl groups is 1. The Kier molecular flexibility index (Phi) is 7.03. The Morgan fingerprint density at radius 3 is 2.70 bits per heavy atom. The molecule has 0 unspecified atom stereocenters. The van der Waals surface area contributed by atoms with E-state index >= 15 is 0 Å². The molecule has 0 bridgehead atoms. The number of anilines is 2. The minimum absolute atomic E-state index is 0.0228. The van der Waals surface area contributed by atoms with Crippen molar-refractivity contribution in [1.82, 2.24) is 0 Å². The van der Waals surface area contributed by atoms with Gasteiger partial charge in [-0.15, -0.1) is 0 Å². The van der Waals surface area contributed by atoms with Gasteiger partial charge in [0, 0.05) is 18.7 Å². The average Bonchev–Trinajstić information content (AvgIpc) is 2.39. The fourth-order valence-electron chi connectivity index (χ4n) is 2.03. The van der Waals surface area contributed by atoms with E-state index < -0.39 is 5.60 Å². The molecule has 0 aliphatic carbocycles. The van der Waals surface area contributed by atoms with E-state index in [1.165, 1.54) is 6.34 Å². The van der Waals surface area contributed by atoms with Gasteiger partial charge in [-0.3, -0.25) is 4.79 Å². The number of amides is 1. The van der Waals surface area contributed by atoms with Crippen molar-refractivity contribution in [2.45, 2.75) is 46.1 Å². The molecule has 0 atom stereocenters. The Morgan fingerprint density at radius 2 is 2.13 bits per heavy atom. The molecule has 1 amide bonds. The molecule has 0 fully saturated rings. The largest absolute Gasteiger partial charge is 0.390 e. The van der Waals surface area contributed by atoms with Gasteiger partial charge in [0.1, 0.15) is 0 Å². The van der Waals surface area contributed by atoms with E-state index in [-0.39, 0.29) is 5.91 Å². The zero-order valence-electron chi connectivity index (χ0n) is 14.4. The highest BCUT2D eigenvalue weighted by molar-refractivity contribution is 5.92. The second-order valence-electron chi connectivity index (χ2n) is 6.65. The summed E-state index contributed by atoms with van der Waals surface area (Å²) in [6.45, 7) is 8.14. The zero-order valence-corrected chi connectivity index (χ0v) is 14.4.